The number of hydrogen-bond donors (Lipinski definition) is 4. The van der Waals surface area contributed by atoms with Gasteiger partial charge in [0.05, 0.1) is 6.10 Å². The molecule has 1 heterocycles. The summed E-state index contributed by atoms with van der Waals surface area (Å²) < 4.78 is 0. The van der Waals surface area contributed by atoms with Gasteiger partial charge in [-0.05, 0) is 55.5 Å². The first-order chi connectivity index (χ1) is 12.6. The lowest BCUT2D eigenvalue weighted by Gasteiger charge is -2.31. The zero-order valence-electron chi connectivity index (χ0n) is 14.8. The van der Waals surface area contributed by atoms with E-state index in [1.807, 2.05) is 54.6 Å². The van der Waals surface area contributed by atoms with Crippen molar-refractivity contribution >= 4 is 11.6 Å². The number of anilines is 1. The van der Waals surface area contributed by atoms with Crippen LogP contribution in [0.5, 0.6) is 0 Å². The monoisotopic (exact) mass is 354 g/mol. The highest BCUT2D eigenvalue weighted by Crippen LogP contribution is 2.22. The second-order valence-electron chi connectivity index (χ2n) is 6.93. The maximum absolute atomic E-state index is 12.4. The number of piperidine rings is 1. The van der Waals surface area contributed by atoms with E-state index in [0.717, 1.165) is 24.1 Å². The van der Waals surface area contributed by atoms with Crippen LogP contribution in [0.25, 0.3) is 0 Å². The van der Waals surface area contributed by atoms with Crippen molar-refractivity contribution in [3.8, 4) is 0 Å². The minimum atomic E-state index is -1.35. The first kappa shape index (κ1) is 18.6. The van der Waals surface area contributed by atoms with Gasteiger partial charge in [-0.3, -0.25) is 4.79 Å². The molecule has 2 aromatic rings. The number of hydrogen-bond acceptors (Lipinski definition) is 4. The van der Waals surface area contributed by atoms with Crippen LogP contribution in [0, 0.1) is 0 Å². The van der Waals surface area contributed by atoms with Crippen molar-refractivity contribution in [2.45, 2.75) is 37.4 Å². The van der Waals surface area contributed by atoms with Crippen LogP contribution < -0.4 is 10.6 Å². The van der Waals surface area contributed by atoms with Crippen LogP contribution in [-0.2, 0) is 11.2 Å². The molecule has 0 spiro atoms. The van der Waals surface area contributed by atoms with E-state index in [9.17, 15) is 15.0 Å². The van der Waals surface area contributed by atoms with Crippen molar-refractivity contribution < 1.29 is 15.0 Å². The molecule has 4 N–H and O–H groups in total. The summed E-state index contributed by atoms with van der Waals surface area (Å²) in [7, 11) is 0. The highest BCUT2D eigenvalue weighted by atomic mass is 16.3. The van der Waals surface area contributed by atoms with E-state index in [-0.39, 0.29) is 12.5 Å². The Bertz CT molecular complexity index is 727. The van der Waals surface area contributed by atoms with E-state index in [2.05, 4.69) is 10.6 Å². The Kier molecular flexibility index (Phi) is 6.04. The molecule has 0 aliphatic carbocycles. The average Bonchev–Trinajstić information content (AvgIpc) is 2.67. The fraction of sp³-hybridized carbons (Fsp3) is 0.381. The molecule has 3 rings (SSSR count). The van der Waals surface area contributed by atoms with Gasteiger partial charge in [-0.25, -0.2) is 0 Å². The first-order valence-corrected chi connectivity index (χ1v) is 9.13. The standard InChI is InChI=1S/C21H26N2O3/c24-19(17-7-2-1-3-8-17)11-10-16-6-4-9-18(14-16)23-20(25)21(26)12-5-13-22-15-21/h1-4,6-9,14,19,22,24,26H,5,10-13,15H2,(H,23,25). The van der Waals surface area contributed by atoms with Gasteiger partial charge < -0.3 is 20.8 Å². The molecule has 0 radical (unpaired) electrons. The summed E-state index contributed by atoms with van der Waals surface area (Å²) in [5.41, 5.74) is 1.26. The lowest BCUT2D eigenvalue weighted by molar-refractivity contribution is -0.135. The van der Waals surface area contributed by atoms with Crippen molar-refractivity contribution in [3.63, 3.8) is 0 Å². The topological polar surface area (TPSA) is 81.6 Å². The van der Waals surface area contributed by atoms with Crippen LogP contribution in [0.4, 0.5) is 5.69 Å². The van der Waals surface area contributed by atoms with E-state index < -0.39 is 11.7 Å². The minimum absolute atomic E-state index is 0.280. The Morgan fingerprint density at radius 2 is 2.00 bits per heavy atom. The largest absolute Gasteiger partial charge is 0.388 e. The summed E-state index contributed by atoms with van der Waals surface area (Å²) >= 11 is 0. The van der Waals surface area contributed by atoms with Crippen molar-refractivity contribution in [1.29, 1.82) is 0 Å². The number of aliphatic hydroxyl groups is 2. The number of nitrogens with one attached hydrogen (secondary N) is 2. The van der Waals surface area contributed by atoms with Crippen LogP contribution in [0.3, 0.4) is 0 Å². The molecular formula is C21H26N2O3. The second-order valence-corrected chi connectivity index (χ2v) is 6.93. The van der Waals surface area contributed by atoms with E-state index in [4.69, 9.17) is 0 Å². The second kappa shape index (κ2) is 8.45. The van der Waals surface area contributed by atoms with E-state index >= 15 is 0 Å². The number of aliphatic hydroxyl groups excluding tert-OH is 1. The lowest BCUT2D eigenvalue weighted by Crippen LogP contribution is -2.53. The molecule has 5 nitrogen and oxygen atoms in total. The van der Waals surface area contributed by atoms with Crippen molar-refractivity contribution in [3.05, 3.63) is 65.7 Å². The molecule has 1 aliphatic rings. The number of carbonyl (C=O) groups is 1. The van der Waals surface area contributed by atoms with Gasteiger partial charge in [0.25, 0.3) is 5.91 Å². The quantitative estimate of drug-likeness (QED) is 0.642. The van der Waals surface area contributed by atoms with Crippen molar-refractivity contribution in [1.82, 2.24) is 5.32 Å². The molecule has 2 atom stereocenters. The summed E-state index contributed by atoms with van der Waals surface area (Å²) in [6.07, 6.45) is 2.04. The number of β-amino-alcohol motifs (C(OH)–C–C–N with tert-alkyl or cyclic N) is 1. The summed E-state index contributed by atoms with van der Waals surface area (Å²) in [5, 5.41) is 26.6. The number of amides is 1. The molecule has 1 amide bonds. The molecule has 0 saturated carbocycles. The number of aryl methyl sites for hydroxylation is 1. The Balaban J connectivity index is 1.58. The van der Waals surface area contributed by atoms with Gasteiger partial charge in [-0.15, -0.1) is 0 Å². The Labute approximate surface area is 154 Å². The SMILES string of the molecule is O=C(Nc1cccc(CCC(O)c2ccccc2)c1)C1(O)CCCNC1. The number of benzene rings is 2. The maximum atomic E-state index is 12.4. The fourth-order valence-electron chi connectivity index (χ4n) is 3.28. The average molecular weight is 354 g/mol. The van der Waals surface area contributed by atoms with E-state index in [1.54, 1.807) is 0 Å². The zero-order valence-corrected chi connectivity index (χ0v) is 14.8. The minimum Gasteiger partial charge on any atom is -0.388 e. The fourth-order valence-corrected chi connectivity index (χ4v) is 3.28. The zero-order chi connectivity index (χ0) is 18.4. The highest BCUT2D eigenvalue weighted by molar-refractivity contribution is 5.97. The van der Waals surface area contributed by atoms with E-state index in [1.165, 1.54) is 0 Å². The third-order valence-electron chi connectivity index (χ3n) is 4.86. The first-order valence-electron chi connectivity index (χ1n) is 9.13. The van der Waals surface area contributed by atoms with Gasteiger partial charge in [-0.2, -0.15) is 0 Å². The predicted octanol–water partition coefficient (Wildman–Crippen LogP) is 2.41. The Morgan fingerprint density at radius 1 is 1.19 bits per heavy atom. The molecule has 1 aliphatic heterocycles. The molecule has 2 unspecified atom stereocenters. The third kappa shape index (κ3) is 4.69. The molecule has 2 aromatic carbocycles. The van der Waals surface area contributed by atoms with E-state index in [0.29, 0.717) is 24.9 Å². The summed E-state index contributed by atoms with van der Waals surface area (Å²) in [4.78, 5) is 12.4. The van der Waals surface area contributed by atoms with Gasteiger partial charge in [-0.1, -0.05) is 42.5 Å². The lowest BCUT2D eigenvalue weighted by atomic mass is 9.93. The summed E-state index contributed by atoms with van der Waals surface area (Å²) in [6.45, 7) is 1.11. The molecule has 1 fully saturated rings. The summed E-state index contributed by atoms with van der Waals surface area (Å²) in [6, 6.07) is 17.2. The number of carbonyl (C=O) groups excluding carboxylic acids is 1. The third-order valence-corrected chi connectivity index (χ3v) is 4.86. The molecule has 0 bridgehead atoms. The molecular weight excluding hydrogens is 328 g/mol. The summed E-state index contributed by atoms with van der Waals surface area (Å²) in [5.74, 6) is -0.369. The smallest absolute Gasteiger partial charge is 0.257 e. The van der Waals surface area contributed by atoms with Gasteiger partial charge in [0, 0.05) is 12.2 Å². The van der Waals surface area contributed by atoms with Crippen LogP contribution in [-0.4, -0.2) is 34.8 Å². The molecule has 138 valence electrons. The Hall–Kier alpha value is -2.21. The maximum Gasteiger partial charge on any atom is 0.257 e. The van der Waals surface area contributed by atoms with Crippen LogP contribution in [0.2, 0.25) is 0 Å². The Morgan fingerprint density at radius 3 is 2.73 bits per heavy atom. The van der Waals surface area contributed by atoms with Gasteiger partial charge in [0.15, 0.2) is 5.60 Å². The predicted molar refractivity (Wildman–Crippen MR) is 102 cm³/mol. The van der Waals surface area contributed by atoms with Crippen LogP contribution >= 0.6 is 0 Å². The normalized spacial score (nSPS) is 21.2. The van der Waals surface area contributed by atoms with Gasteiger partial charge in [0.1, 0.15) is 0 Å². The van der Waals surface area contributed by atoms with Crippen molar-refractivity contribution in [2.24, 2.45) is 0 Å². The molecule has 5 heteroatoms. The molecule has 1 saturated heterocycles. The van der Waals surface area contributed by atoms with Crippen LogP contribution in [0.1, 0.15) is 36.5 Å². The molecule has 26 heavy (non-hydrogen) atoms. The van der Waals surface area contributed by atoms with Gasteiger partial charge in [0.2, 0.25) is 0 Å². The van der Waals surface area contributed by atoms with Gasteiger partial charge >= 0.3 is 0 Å². The van der Waals surface area contributed by atoms with Crippen LogP contribution in [0.15, 0.2) is 54.6 Å². The molecule has 0 aromatic heterocycles. The highest BCUT2D eigenvalue weighted by Gasteiger charge is 2.37. The number of rotatable bonds is 6. The van der Waals surface area contributed by atoms with Crippen molar-refractivity contribution in [2.75, 3.05) is 18.4 Å².